The van der Waals surface area contributed by atoms with Gasteiger partial charge in [0.15, 0.2) is 0 Å². The van der Waals surface area contributed by atoms with E-state index in [4.69, 9.17) is 10.5 Å². The summed E-state index contributed by atoms with van der Waals surface area (Å²) in [5.41, 5.74) is 7.95. The third-order valence-corrected chi connectivity index (χ3v) is 2.71. The molecule has 1 amide bonds. The van der Waals surface area contributed by atoms with E-state index < -0.39 is 0 Å². The molecule has 3 N–H and O–H groups in total. The van der Waals surface area contributed by atoms with Gasteiger partial charge in [-0.25, -0.2) is 0 Å². The number of nitrogens with one attached hydrogen (secondary N) is 1. The Bertz CT molecular complexity index is 396. The van der Waals surface area contributed by atoms with Crippen LogP contribution in [0.25, 0.3) is 0 Å². The molecule has 1 aromatic rings. The second-order valence-electron chi connectivity index (χ2n) is 5.04. The van der Waals surface area contributed by atoms with Crippen LogP contribution >= 0.6 is 0 Å². The van der Waals surface area contributed by atoms with Crippen LogP contribution in [0, 0.1) is 13.8 Å². The molecule has 0 aromatic heterocycles. The third kappa shape index (κ3) is 6.82. The van der Waals surface area contributed by atoms with E-state index in [0.717, 1.165) is 5.75 Å². The van der Waals surface area contributed by atoms with E-state index in [1.54, 1.807) is 0 Å². The van der Waals surface area contributed by atoms with Gasteiger partial charge < -0.3 is 15.8 Å². The van der Waals surface area contributed by atoms with Gasteiger partial charge in [0.2, 0.25) is 5.91 Å². The molecule has 1 unspecified atom stereocenters. The Morgan fingerprint density at radius 1 is 1.32 bits per heavy atom. The fourth-order valence-electron chi connectivity index (χ4n) is 1.82. The predicted octanol–water partition coefficient (Wildman–Crippen LogP) is 1.93. The summed E-state index contributed by atoms with van der Waals surface area (Å²) in [6.45, 7) is 6.97. The van der Waals surface area contributed by atoms with Crippen molar-refractivity contribution in [3.05, 3.63) is 29.3 Å². The minimum absolute atomic E-state index is 0.0290. The molecule has 0 saturated heterocycles. The Kier molecular flexibility index (Phi) is 6.36. The fraction of sp³-hybridized carbons (Fsp3) is 0.533. The van der Waals surface area contributed by atoms with Gasteiger partial charge in [-0.3, -0.25) is 4.79 Å². The summed E-state index contributed by atoms with van der Waals surface area (Å²) < 4.78 is 5.60. The van der Waals surface area contributed by atoms with Crippen LogP contribution in [0.15, 0.2) is 18.2 Å². The average molecular weight is 264 g/mol. The third-order valence-electron chi connectivity index (χ3n) is 2.71. The van der Waals surface area contributed by atoms with Crippen molar-refractivity contribution >= 4 is 5.91 Å². The minimum Gasteiger partial charge on any atom is -0.492 e. The molecule has 4 heteroatoms. The van der Waals surface area contributed by atoms with Crippen LogP contribution in [-0.2, 0) is 4.79 Å². The fourth-order valence-corrected chi connectivity index (χ4v) is 1.82. The molecule has 0 aliphatic carbocycles. The lowest BCUT2D eigenvalue weighted by molar-refractivity contribution is -0.121. The van der Waals surface area contributed by atoms with Gasteiger partial charge in [-0.2, -0.15) is 0 Å². The molecule has 1 atom stereocenters. The van der Waals surface area contributed by atoms with E-state index in [1.807, 2.05) is 32.9 Å². The molecule has 0 aliphatic rings. The van der Waals surface area contributed by atoms with Gasteiger partial charge in [0, 0.05) is 12.5 Å². The first-order valence-electron chi connectivity index (χ1n) is 6.71. The number of aryl methyl sites for hydroxylation is 2. The second kappa shape index (κ2) is 7.79. The van der Waals surface area contributed by atoms with Gasteiger partial charge >= 0.3 is 0 Å². The van der Waals surface area contributed by atoms with Crippen molar-refractivity contribution in [3.8, 4) is 5.75 Å². The first-order valence-corrected chi connectivity index (χ1v) is 6.71. The largest absolute Gasteiger partial charge is 0.492 e. The Morgan fingerprint density at radius 3 is 2.53 bits per heavy atom. The van der Waals surface area contributed by atoms with Crippen LogP contribution in [0.1, 0.15) is 30.9 Å². The van der Waals surface area contributed by atoms with E-state index >= 15 is 0 Å². The number of hydrogen-bond donors (Lipinski definition) is 2. The molecule has 19 heavy (non-hydrogen) atoms. The van der Waals surface area contributed by atoms with E-state index in [0.29, 0.717) is 26.0 Å². The van der Waals surface area contributed by atoms with Crippen molar-refractivity contribution in [2.24, 2.45) is 5.73 Å². The number of nitrogens with two attached hydrogens (primary N) is 1. The molecular formula is C15H24N2O2. The van der Waals surface area contributed by atoms with Gasteiger partial charge in [-0.15, -0.1) is 0 Å². The van der Waals surface area contributed by atoms with Crippen LogP contribution < -0.4 is 15.8 Å². The maximum atomic E-state index is 11.4. The Hall–Kier alpha value is -1.55. The predicted molar refractivity (Wildman–Crippen MR) is 77.3 cm³/mol. The van der Waals surface area contributed by atoms with Crippen molar-refractivity contribution < 1.29 is 9.53 Å². The topological polar surface area (TPSA) is 64.3 Å². The number of amides is 1. The van der Waals surface area contributed by atoms with Crippen LogP contribution in [0.3, 0.4) is 0 Å². The Morgan fingerprint density at radius 2 is 1.95 bits per heavy atom. The highest BCUT2D eigenvalue weighted by Gasteiger charge is 2.03. The van der Waals surface area contributed by atoms with Gasteiger partial charge in [0.1, 0.15) is 12.4 Å². The molecule has 0 spiro atoms. The number of carbonyl (C=O) groups is 1. The van der Waals surface area contributed by atoms with Gasteiger partial charge in [-0.1, -0.05) is 6.07 Å². The average Bonchev–Trinajstić information content (AvgIpc) is 2.31. The second-order valence-corrected chi connectivity index (χ2v) is 5.04. The van der Waals surface area contributed by atoms with Gasteiger partial charge in [0.25, 0.3) is 0 Å². The van der Waals surface area contributed by atoms with E-state index in [2.05, 4.69) is 11.4 Å². The van der Waals surface area contributed by atoms with Crippen LogP contribution in [0.5, 0.6) is 5.75 Å². The highest BCUT2D eigenvalue weighted by molar-refractivity contribution is 5.75. The zero-order valence-electron chi connectivity index (χ0n) is 12.0. The minimum atomic E-state index is 0.0290. The summed E-state index contributed by atoms with van der Waals surface area (Å²) in [6, 6.07) is 6.15. The number of benzene rings is 1. The number of rotatable bonds is 7. The Labute approximate surface area is 115 Å². The van der Waals surface area contributed by atoms with E-state index in [1.165, 1.54) is 11.1 Å². The van der Waals surface area contributed by atoms with E-state index in [9.17, 15) is 4.79 Å². The monoisotopic (exact) mass is 264 g/mol. The van der Waals surface area contributed by atoms with Crippen molar-refractivity contribution in [2.45, 2.75) is 39.7 Å². The van der Waals surface area contributed by atoms with Crippen LogP contribution in [-0.4, -0.2) is 25.1 Å². The van der Waals surface area contributed by atoms with Crippen molar-refractivity contribution in [1.29, 1.82) is 0 Å². The molecule has 1 aromatic carbocycles. The summed E-state index contributed by atoms with van der Waals surface area (Å²) in [6.07, 6.45) is 1.19. The Balaban J connectivity index is 2.21. The van der Waals surface area contributed by atoms with Crippen LogP contribution in [0.2, 0.25) is 0 Å². The molecule has 0 bridgehead atoms. The standard InChI is InChI=1S/C15H24N2O2/c1-11-8-12(2)10-14(9-11)19-7-6-17-15(18)5-4-13(3)16/h8-10,13H,4-7,16H2,1-3H3,(H,17,18). The molecule has 0 saturated carbocycles. The normalized spacial score (nSPS) is 12.0. The molecule has 0 radical (unpaired) electrons. The molecule has 106 valence electrons. The highest BCUT2D eigenvalue weighted by atomic mass is 16.5. The zero-order valence-corrected chi connectivity index (χ0v) is 12.0. The summed E-state index contributed by atoms with van der Waals surface area (Å²) in [7, 11) is 0. The van der Waals surface area contributed by atoms with Gasteiger partial charge in [0.05, 0.1) is 6.54 Å². The van der Waals surface area contributed by atoms with Crippen molar-refractivity contribution in [1.82, 2.24) is 5.32 Å². The quantitative estimate of drug-likeness (QED) is 0.740. The summed E-state index contributed by atoms with van der Waals surface area (Å²) in [4.78, 5) is 11.4. The first-order chi connectivity index (χ1) is 8.97. The summed E-state index contributed by atoms with van der Waals surface area (Å²) in [5.74, 6) is 0.878. The van der Waals surface area contributed by atoms with E-state index in [-0.39, 0.29) is 11.9 Å². The maximum absolute atomic E-state index is 11.4. The molecular weight excluding hydrogens is 240 g/mol. The maximum Gasteiger partial charge on any atom is 0.220 e. The number of carbonyl (C=O) groups excluding carboxylic acids is 1. The first kappa shape index (κ1) is 15.5. The lowest BCUT2D eigenvalue weighted by atomic mass is 10.1. The van der Waals surface area contributed by atoms with Crippen molar-refractivity contribution in [2.75, 3.05) is 13.2 Å². The molecule has 0 aliphatic heterocycles. The SMILES string of the molecule is Cc1cc(C)cc(OCCNC(=O)CCC(C)N)c1. The molecule has 1 rings (SSSR count). The highest BCUT2D eigenvalue weighted by Crippen LogP contribution is 2.15. The summed E-state index contributed by atoms with van der Waals surface area (Å²) >= 11 is 0. The number of ether oxygens (including phenoxy) is 1. The smallest absolute Gasteiger partial charge is 0.220 e. The van der Waals surface area contributed by atoms with Crippen molar-refractivity contribution in [3.63, 3.8) is 0 Å². The molecule has 0 heterocycles. The molecule has 0 fully saturated rings. The van der Waals surface area contributed by atoms with Crippen LogP contribution in [0.4, 0.5) is 0 Å². The number of hydrogen-bond acceptors (Lipinski definition) is 3. The summed E-state index contributed by atoms with van der Waals surface area (Å²) in [5, 5.41) is 2.82. The van der Waals surface area contributed by atoms with Gasteiger partial charge in [-0.05, 0) is 50.5 Å². The molecule has 4 nitrogen and oxygen atoms in total. The lowest BCUT2D eigenvalue weighted by Crippen LogP contribution is -2.29. The lowest BCUT2D eigenvalue weighted by Gasteiger charge is -2.10. The zero-order chi connectivity index (χ0) is 14.3.